The SMILES string of the molecule is C#CCC(=O)N(C)c1ccc(O)cc1. The quantitative estimate of drug-likeness (QED) is 0.714. The lowest BCUT2D eigenvalue weighted by Crippen LogP contribution is -2.25. The number of anilines is 1. The van der Waals surface area contributed by atoms with Crippen molar-refractivity contribution in [1.29, 1.82) is 0 Å². The fourth-order valence-corrected chi connectivity index (χ4v) is 1.03. The van der Waals surface area contributed by atoms with E-state index in [2.05, 4.69) is 5.92 Å². The number of carbonyl (C=O) groups is 1. The number of hydrogen-bond donors (Lipinski definition) is 1. The zero-order valence-corrected chi connectivity index (χ0v) is 7.90. The second kappa shape index (κ2) is 4.33. The van der Waals surface area contributed by atoms with Crippen LogP contribution in [0.2, 0.25) is 0 Å². The van der Waals surface area contributed by atoms with Crippen LogP contribution in [-0.4, -0.2) is 18.1 Å². The van der Waals surface area contributed by atoms with Gasteiger partial charge in [-0.2, -0.15) is 0 Å². The van der Waals surface area contributed by atoms with E-state index in [1.807, 2.05) is 0 Å². The summed E-state index contributed by atoms with van der Waals surface area (Å²) in [6.07, 6.45) is 5.11. The minimum absolute atomic E-state index is 0.0807. The normalized spacial score (nSPS) is 9.14. The number of benzene rings is 1. The van der Waals surface area contributed by atoms with Crippen LogP contribution in [0.5, 0.6) is 5.75 Å². The van der Waals surface area contributed by atoms with E-state index >= 15 is 0 Å². The second-order valence-corrected chi connectivity index (χ2v) is 2.85. The molecule has 0 spiro atoms. The van der Waals surface area contributed by atoms with Crippen molar-refractivity contribution in [2.75, 3.05) is 11.9 Å². The summed E-state index contributed by atoms with van der Waals surface area (Å²) in [4.78, 5) is 12.8. The van der Waals surface area contributed by atoms with Crippen LogP contribution in [0, 0.1) is 12.3 Å². The van der Waals surface area contributed by atoms with Crippen molar-refractivity contribution in [1.82, 2.24) is 0 Å². The highest BCUT2D eigenvalue weighted by Crippen LogP contribution is 2.17. The topological polar surface area (TPSA) is 40.5 Å². The molecular formula is C11H11NO2. The van der Waals surface area contributed by atoms with Crippen molar-refractivity contribution < 1.29 is 9.90 Å². The summed E-state index contributed by atoms with van der Waals surface area (Å²) in [5.41, 5.74) is 0.711. The second-order valence-electron chi connectivity index (χ2n) is 2.85. The van der Waals surface area contributed by atoms with Gasteiger partial charge >= 0.3 is 0 Å². The number of rotatable bonds is 2. The molecule has 0 saturated heterocycles. The molecule has 0 atom stereocenters. The molecule has 1 amide bonds. The van der Waals surface area contributed by atoms with Crippen LogP contribution in [-0.2, 0) is 4.79 Å². The molecular weight excluding hydrogens is 178 g/mol. The van der Waals surface area contributed by atoms with Crippen LogP contribution < -0.4 is 4.90 Å². The molecule has 0 aliphatic rings. The van der Waals surface area contributed by atoms with Gasteiger partial charge in [-0.05, 0) is 24.3 Å². The number of nitrogens with zero attached hydrogens (tertiary/aromatic N) is 1. The number of aromatic hydroxyl groups is 1. The maximum atomic E-state index is 11.3. The van der Waals surface area contributed by atoms with E-state index in [0.29, 0.717) is 5.69 Å². The van der Waals surface area contributed by atoms with Crippen LogP contribution in [0.3, 0.4) is 0 Å². The average molecular weight is 189 g/mol. The van der Waals surface area contributed by atoms with Gasteiger partial charge in [0.05, 0.1) is 6.42 Å². The van der Waals surface area contributed by atoms with Crippen molar-refractivity contribution in [2.45, 2.75) is 6.42 Å². The number of phenolic OH excluding ortho intramolecular Hbond substituents is 1. The molecule has 0 saturated carbocycles. The lowest BCUT2D eigenvalue weighted by molar-refractivity contribution is -0.117. The fourth-order valence-electron chi connectivity index (χ4n) is 1.03. The average Bonchev–Trinajstić information content (AvgIpc) is 2.18. The van der Waals surface area contributed by atoms with Crippen molar-refractivity contribution in [3.8, 4) is 18.1 Å². The van der Waals surface area contributed by atoms with E-state index in [4.69, 9.17) is 11.5 Å². The third-order valence-electron chi connectivity index (χ3n) is 1.86. The fraction of sp³-hybridized carbons (Fsp3) is 0.182. The number of terminal acetylenes is 1. The molecule has 1 aromatic rings. The van der Waals surface area contributed by atoms with Gasteiger partial charge in [-0.1, -0.05) is 5.92 Å². The third kappa shape index (κ3) is 2.27. The van der Waals surface area contributed by atoms with Gasteiger partial charge in [-0.25, -0.2) is 0 Å². The van der Waals surface area contributed by atoms with Gasteiger partial charge in [-0.15, -0.1) is 6.42 Å². The Morgan fingerprint density at radius 2 is 2.07 bits per heavy atom. The monoisotopic (exact) mass is 189 g/mol. The van der Waals surface area contributed by atoms with E-state index in [0.717, 1.165) is 0 Å². The molecule has 14 heavy (non-hydrogen) atoms. The Hall–Kier alpha value is -1.95. The smallest absolute Gasteiger partial charge is 0.238 e. The molecule has 72 valence electrons. The summed E-state index contributed by atoms with van der Waals surface area (Å²) in [6.45, 7) is 0. The molecule has 0 unspecified atom stereocenters. The van der Waals surface area contributed by atoms with Crippen LogP contribution in [0.1, 0.15) is 6.42 Å². The molecule has 1 N–H and O–H groups in total. The summed E-state index contributed by atoms with van der Waals surface area (Å²) in [7, 11) is 1.64. The molecule has 0 bridgehead atoms. The predicted octanol–water partition coefficient (Wildman–Crippen LogP) is 1.38. The first-order valence-corrected chi connectivity index (χ1v) is 4.14. The molecule has 3 nitrogen and oxygen atoms in total. The first-order chi connectivity index (χ1) is 6.65. The minimum atomic E-state index is -0.141. The van der Waals surface area contributed by atoms with E-state index in [1.165, 1.54) is 17.0 Å². The summed E-state index contributed by atoms with van der Waals surface area (Å²) < 4.78 is 0. The Morgan fingerprint density at radius 3 is 2.57 bits per heavy atom. The van der Waals surface area contributed by atoms with Crippen molar-refractivity contribution in [2.24, 2.45) is 0 Å². The van der Waals surface area contributed by atoms with Gasteiger partial charge < -0.3 is 10.0 Å². The lowest BCUT2D eigenvalue weighted by atomic mass is 10.2. The van der Waals surface area contributed by atoms with Crippen LogP contribution in [0.25, 0.3) is 0 Å². The number of phenols is 1. The Labute approximate surface area is 83.0 Å². The third-order valence-corrected chi connectivity index (χ3v) is 1.86. The summed E-state index contributed by atoms with van der Waals surface area (Å²) in [5.74, 6) is 2.32. The number of amides is 1. The highest BCUT2D eigenvalue weighted by atomic mass is 16.3. The Morgan fingerprint density at radius 1 is 1.50 bits per heavy atom. The molecule has 0 heterocycles. The van der Waals surface area contributed by atoms with E-state index in [-0.39, 0.29) is 18.1 Å². The molecule has 0 radical (unpaired) electrons. The van der Waals surface area contributed by atoms with Crippen LogP contribution in [0.15, 0.2) is 24.3 Å². The molecule has 1 aromatic carbocycles. The summed E-state index contributed by atoms with van der Waals surface area (Å²) in [5, 5.41) is 9.04. The molecule has 0 aromatic heterocycles. The minimum Gasteiger partial charge on any atom is -0.508 e. The van der Waals surface area contributed by atoms with E-state index < -0.39 is 0 Å². The maximum Gasteiger partial charge on any atom is 0.238 e. The van der Waals surface area contributed by atoms with Gasteiger partial charge in [0.1, 0.15) is 5.75 Å². The predicted molar refractivity (Wildman–Crippen MR) is 55.0 cm³/mol. The first kappa shape index (κ1) is 10.1. The summed E-state index contributed by atoms with van der Waals surface area (Å²) in [6, 6.07) is 6.36. The van der Waals surface area contributed by atoms with Crippen LogP contribution >= 0.6 is 0 Å². The van der Waals surface area contributed by atoms with Gasteiger partial charge in [0.25, 0.3) is 0 Å². The highest BCUT2D eigenvalue weighted by Gasteiger charge is 2.08. The van der Waals surface area contributed by atoms with Gasteiger partial charge in [0.15, 0.2) is 0 Å². The summed E-state index contributed by atoms with van der Waals surface area (Å²) >= 11 is 0. The molecule has 3 heteroatoms. The Balaban J connectivity index is 2.80. The van der Waals surface area contributed by atoms with Crippen molar-refractivity contribution >= 4 is 11.6 Å². The van der Waals surface area contributed by atoms with Crippen molar-refractivity contribution in [3.63, 3.8) is 0 Å². The molecule has 0 aliphatic heterocycles. The van der Waals surface area contributed by atoms with Gasteiger partial charge in [-0.3, -0.25) is 4.79 Å². The highest BCUT2D eigenvalue weighted by molar-refractivity contribution is 5.94. The molecule has 1 rings (SSSR count). The zero-order valence-electron chi connectivity index (χ0n) is 7.90. The van der Waals surface area contributed by atoms with E-state index in [9.17, 15) is 4.79 Å². The number of hydrogen-bond acceptors (Lipinski definition) is 2. The lowest BCUT2D eigenvalue weighted by Gasteiger charge is -2.15. The standard InChI is InChI=1S/C11H11NO2/c1-3-4-11(14)12(2)9-5-7-10(13)8-6-9/h1,5-8,13H,4H2,2H3. The Kier molecular flexibility index (Phi) is 3.14. The zero-order chi connectivity index (χ0) is 10.6. The van der Waals surface area contributed by atoms with Gasteiger partial charge in [0.2, 0.25) is 5.91 Å². The maximum absolute atomic E-state index is 11.3. The number of carbonyl (C=O) groups excluding carboxylic acids is 1. The van der Waals surface area contributed by atoms with E-state index in [1.54, 1.807) is 19.2 Å². The van der Waals surface area contributed by atoms with Gasteiger partial charge in [0, 0.05) is 12.7 Å². The van der Waals surface area contributed by atoms with Crippen LogP contribution in [0.4, 0.5) is 5.69 Å². The Bertz CT molecular complexity index is 362. The molecule has 0 aliphatic carbocycles. The first-order valence-electron chi connectivity index (χ1n) is 4.14. The largest absolute Gasteiger partial charge is 0.508 e. The molecule has 0 fully saturated rings. The van der Waals surface area contributed by atoms with Crippen molar-refractivity contribution in [3.05, 3.63) is 24.3 Å².